The van der Waals surface area contributed by atoms with Crippen molar-refractivity contribution in [1.29, 1.82) is 0 Å². The molecule has 0 aromatic carbocycles. The van der Waals surface area contributed by atoms with Gasteiger partial charge in [0, 0.05) is 33.0 Å². The van der Waals surface area contributed by atoms with E-state index in [1.807, 2.05) is 0 Å². The molecular weight excluding hydrogens is 236 g/mol. The lowest BCUT2D eigenvalue weighted by molar-refractivity contribution is -0.125. The Morgan fingerprint density at radius 3 is 2.47 bits per heavy atom. The lowest BCUT2D eigenvalue weighted by atomic mass is 10.0. The van der Waals surface area contributed by atoms with Crippen LogP contribution in [0.25, 0.3) is 0 Å². The molecule has 0 fully saturated rings. The van der Waals surface area contributed by atoms with Gasteiger partial charge in [0.25, 0.3) is 0 Å². The third-order valence-electron chi connectivity index (χ3n) is 2.82. The first-order chi connectivity index (χ1) is 7.85. The van der Waals surface area contributed by atoms with Gasteiger partial charge in [-0.3, -0.25) is 4.79 Å². The number of rotatable bonds is 8. The molecule has 0 aliphatic carbocycles. The molecule has 0 heterocycles. The van der Waals surface area contributed by atoms with Gasteiger partial charge in [-0.25, -0.2) is 0 Å². The Morgan fingerprint density at radius 2 is 2.06 bits per heavy atom. The van der Waals surface area contributed by atoms with Gasteiger partial charge in [-0.1, -0.05) is 6.92 Å². The molecular formula is C12H26N2O2S. The van der Waals surface area contributed by atoms with E-state index in [-0.39, 0.29) is 17.6 Å². The summed E-state index contributed by atoms with van der Waals surface area (Å²) in [6, 6.07) is 0.248. The molecule has 0 spiro atoms. The number of likely N-dealkylation sites (N-methyl/N-ethyl adjacent to an activating group) is 1. The van der Waals surface area contributed by atoms with Crippen LogP contribution in [-0.2, 0) is 9.53 Å². The van der Waals surface area contributed by atoms with E-state index in [4.69, 9.17) is 4.74 Å². The highest BCUT2D eigenvalue weighted by Gasteiger charge is 2.28. The Balaban J connectivity index is 4.15. The molecule has 0 aromatic heterocycles. The SMILES string of the molecule is CCNC(CSCC(=O)N(C)C)C(C)(C)OC. The van der Waals surface area contributed by atoms with E-state index in [9.17, 15) is 4.79 Å². The molecule has 0 aliphatic rings. The summed E-state index contributed by atoms with van der Waals surface area (Å²) in [5.74, 6) is 1.55. The first-order valence-corrected chi connectivity index (χ1v) is 7.07. The van der Waals surface area contributed by atoms with Gasteiger partial charge < -0.3 is 15.0 Å². The zero-order chi connectivity index (χ0) is 13.5. The third-order valence-corrected chi connectivity index (χ3v) is 3.84. The summed E-state index contributed by atoms with van der Waals surface area (Å²) in [5, 5.41) is 3.41. The number of nitrogens with zero attached hydrogens (tertiary/aromatic N) is 1. The average Bonchev–Trinajstić information content (AvgIpc) is 2.27. The van der Waals surface area contributed by atoms with Crippen LogP contribution in [0.5, 0.6) is 0 Å². The first kappa shape index (κ1) is 16.7. The van der Waals surface area contributed by atoms with Crippen LogP contribution in [0.3, 0.4) is 0 Å². The van der Waals surface area contributed by atoms with Crippen LogP contribution in [0.1, 0.15) is 20.8 Å². The molecule has 0 aliphatic heterocycles. The minimum absolute atomic E-state index is 0.153. The van der Waals surface area contributed by atoms with Gasteiger partial charge in [-0.2, -0.15) is 11.8 Å². The lowest BCUT2D eigenvalue weighted by Gasteiger charge is -2.33. The van der Waals surface area contributed by atoms with Crippen molar-refractivity contribution in [3.8, 4) is 0 Å². The number of carbonyl (C=O) groups excluding carboxylic acids is 1. The van der Waals surface area contributed by atoms with Gasteiger partial charge in [0.1, 0.15) is 0 Å². The summed E-state index contributed by atoms with van der Waals surface area (Å²) < 4.78 is 5.49. The van der Waals surface area contributed by atoms with Gasteiger partial charge >= 0.3 is 0 Å². The third kappa shape index (κ3) is 6.29. The molecule has 17 heavy (non-hydrogen) atoms. The van der Waals surface area contributed by atoms with Crippen LogP contribution in [0.4, 0.5) is 0 Å². The van der Waals surface area contributed by atoms with E-state index in [1.165, 1.54) is 0 Å². The van der Waals surface area contributed by atoms with Gasteiger partial charge in [0.2, 0.25) is 5.91 Å². The standard InChI is InChI=1S/C12H26N2O2S/c1-7-13-10(12(2,3)16-6)8-17-9-11(15)14(4)5/h10,13H,7-9H2,1-6H3. The van der Waals surface area contributed by atoms with Gasteiger partial charge in [0.05, 0.1) is 11.4 Å². The number of amides is 1. The van der Waals surface area contributed by atoms with Crippen molar-refractivity contribution in [3.63, 3.8) is 0 Å². The van der Waals surface area contributed by atoms with Crippen LogP contribution in [-0.4, -0.2) is 61.7 Å². The number of hydrogen-bond donors (Lipinski definition) is 1. The van der Waals surface area contributed by atoms with Crippen molar-refractivity contribution in [2.75, 3.05) is 39.3 Å². The monoisotopic (exact) mass is 262 g/mol. The van der Waals surface area contributed by atoms with E-state index in [1.54, 1.807) is 37.9 Å². The lowest BCUT2D eigenvalue weighted by Crippen LogP contribution is -2.49. The summed E-state index contributed by atoms with van der Waals surface area (Å²) in [4.78, 5) is 13.1. The Morgan fingerprint density at radius 1 is 1.47 bits per heavy atom. The number of nitrogens with one attached hydrogen (secondary N) is 1. The quantitative estimate of drug-likeness (QED) is 0.714. The molecule has 1 unspecified atom stereocenters. The molecule has 0 bridgehead atoms. The van der Waals surface area contributed by atoms with Crippen LogP contribution in [0, 0.1) is 0 Å². The second-order valence-corrected chi connectivity index (χ2v) is 5.75. The maximum absolute atomic E-state index is 11.5. The normalized spacial score (nSPS) is 13.5. The summed E-state index contributed by atoms with van der Waals surface area (Å²) in [7, 11) is 5.29. The summed E-state index contributed by atoms with van der Waals surface area (Å²) >= 11 is 1.65. The summed E-state index contributed by atoms with van der Waals surface area (Å²) in [6.45, 7) is 7.11. The number of ether oxygens (including phenoxy) is 1. The second-order valence-electron chi connectivity index (χ2n) is 4.72. The van der Waals surface area contributed by atoms with Crippen molar-refractivity contribution < 1.29 is 9.53 Å². The van der Waals surface area contributed by atoms with Crippen molar-refractivity contribution in [3.05, 3.63) is 0 Å². The Labute approximate surface area is 109 Å². The predicted octanol–water partition coefficient (Wildman–Crippen LogP) is 1.21. The zero-order valence-electron chi connectivity index (χ0n) is 11.9. The number of hydrogen-bond acceptors (Lipinski definition) is 4. The number of carbonyl (C=O) groups is 1. The molecule has 102 valence electrons. The molecule has 1 N–H and O–H groups in total. The Kier molecular flexibility index (Phi) is 7.83. The van der Waals surface area contributed by atoms with Crippen LogP contribution in [0.2, 0.25) is 0 Å². The largest absolute Gasteiger partial charge is 0.377 e. The van der Waals surface area contributed by atoms with Crippen LogP contribution in [0.15, 0.2) is 0 Å². The fourth-order valence-corrected chi connectivity index (χ4v) is 2.59. The van der Waals surface area contributed by atoms with Crippen molar-refractivity contribution in [1.82, 2.24) is 10.2 Å². The number of thioether (sulfide) groups is 1. The van der Waals surface area contributed by atoms with E-state index >= 15 is 0 Å². The summed E-state index contributed by atoms with van der Waals surface area (Å²) in [5.41, 5.74) is -0.218. The van der Waals surface area contributed by atoms with E-state index in [2.05, 4.69) is 26.1 Å². The van der Waals surface area contributed by atoms with Gasteiger partial charge in [-0.05, 0) is 20.4 Å². The fourth-order valence-electron chi connectivity index (χ4n) is 1.29. The van der Waals surface area contributed by atoms with Crippen LogP contribution >= 0.6 is 11.8 Å². The average molecular weight is 262 g/mol. The molecule has 0 saturated heterocycles. The minimum Gasteiger partial charge on any atom is -0.377 e. The molecule has 1 atom stereocenters. The predicted molar refractivity (Wildman–Crippen MR) is 74.6 cm³/mol. The highest BCUT2D eigenvalue weighted by atomic mass is 32.2. The van der Waals surface area contributed by atoms with E-state index < -0.39 is 0 Å². The highest BCUT2D eigenvalue weighted by Crippen LogP contribution is 2.18. The molecule has 0 aromatic rings. The fraction of sp³-hybridized carbons (Fsp3) is 0.917. The second kappa shape index (κ2) is 7.95. The molecule has 0 radical (unpaired) electrons. The summed E-state index contributed by atoms with van der Waals surface area (Å²) in [6.07, 6.45) is 0. The van der Waals surface area contributed by atoms with Crippen molar-refractivity contribution in [2.45, 2.75) is 32.4 Å². The van der Waals surface area contributed by atoms with E-state index in [0.717, 1.165) is 12.3 Å². The van der Waals surface area contributed by atoms with Crippen LogP contribution < -0.4 is 5.32 Å². The number of methoxy groups -OCH3 is 1. The molecule has 0 saturated carbocycles. The molecule has 4 nitrogen and oxygen atoms in total. The molecule has 5 heteroatoms. The van der Waals surface area contributed by atoms with E-state index in [0.29, 0.717) is 5.75 Å². The van der Waals surface area contributed by atoms with Crippen molar-refractivity contribution in [2.24, 2.45) is 0 Å². The Bertz CT molecular complexity index is 233. The first-order valence-electron chi connectivity index (χ1n) is 5.91. The molecule has 1 amide bonds. The Hall–Kier alpha value is -0.260. The zero-order valence-corrected chi connectivity index (χ0v) is 12.7. The van der Waals surface area contributed by atoms with Crippen molar-refractivity contribution >= 4 is 17.7 Å². The van der Waals surface area contributed by atoms with Gasteiger partial charge in [-0.15, -0.1) is 0 Å². The topological polar surface area (TPSA) is 41.6 Å². The van der Waals surface area contributed by atoms with Gasteiger partial charge in [0.15, 0.2) is 0 Å². The smallest absolute Gasteiger partial charge is 0.232 e. The highest BCUT2D eigenvalue weighted by molar-refractivity contribution is 8.00. The maximum Gasteiger partial charge on any atom is 0.232 e. The molecule has 0 rings (SSSR count). The maximum atomic E-state index is 11.5. The minimum atomic E-state index is -0.218.